The molecule has 0 radical (unpaired) electrons. The monoisotopic (exact) mass is 443 g/mol. The van der Waals surface area contributed by atoms with E-state index in [-0.39, 0.29) is 17.6 Å². The van der Waals surface area contributed by atoms with Crippen LogP contribution in [-0.2, 0) is 14.3 Å². The van der Waals surface area contributed by atoms with Gasteiger partial charge in [-0.3, -0.25) is 24.1 Å². The lowest BCUT2D eigenvalue weighted by atomic mass is 9.75. The Morgan fingerprint density at radius 2 is 1.42 bits per heavy atom. The number of hydrogen-bond donors (Lipinski definition) is 0. The highest BCUT2D eigenvalue weighted by Gasteiger charge is 2.77. The minimum atomic E-state index is -1.73. The summed E-state index contributed by atoms with van der Waals surface area (Å²) in [6.45, 7) is 1.98. The zero-order chi connectivity index (χ0) is 22.9. The molecule has 6 rings (SSSR count). The standard InChI is InChI=1S/C27H25NO5/c1-15-11-13-16(14-12-15)22-20-21(26(32)33-25(20)31)27(28(22)17-7-3-2-4-8-17)23(29)18-9-5-6-10-19(18)24(27)30/h5-6,9-14,17,20-22H,2-4,7-8H2,1H3/t20-,21-,22+/m0/s1. The third kappa shape index (κ3) is 2.58. The number of aryl methyl sites for hydroxylation is 1. The molecule has 168 valence electrons. The van der Waals surface area contributed by atoms with Crippen molar-refractivity contribution in [2.45, 2.75) is 56.7 Å². The number of Topliss-reactive ketones (excluding diaryl/α,β-unsaturated/α-hetero) is 2. The van der Waals surface area contributed by atoms with Gasteiger partial charge in [0.15, 0.2) is 17.1 Å². The average molecular weight is 443 g/mol. The fourth-order valence-corrected chi connectivity index (χ4v) is 6.72. The summed E-state index contributed by atoms with van der Waals surface area (Å²) in [6.07, 6.45) is 4.72. The van der Waals surface area contributed by atoms with E-state index in [0.29, 0.717) is 11.1 Å². The second-order valence-corrected chi connectivity index (χ2v) is 9.77. The number of cyclic esters (lactones) is 2. The first-order valence-corrected chi connectivity index (χ1v) is 11.8. The zero-order valence-corrected chi connectivity index (χ0v) is 18.5. The molecule has 2 saturated heterocycles. The van der Waals surface area contributed by atoms with Crippen LogP contribution in [0.5, 0.6) is 0 Å². The predicted octanol–water partition coefficient (Wildman–Crippen LogP) is 3.82. The zero-order valence-electron chi connectivity index (χ0n) is 18.5. The number of ether oxygens (including phenoxy) is 1. The van der Waals surface area contributed by atoms with Gasteiger partial charge in [-0.25, -0.2) is 0 Å². The first-order chi connectivity index (χ1) is 16.0. The fourth-order valence-electron chi connectivity index (χ4n) is 6.72. The van der Waals surface area contributed by atoms with E-state index >= 15 is 0 Å². The molecule has 6 heteroatoms. The third-order valence-corrected chi connectivity index (χ3v) is 8.08. The van der Waals surface area contributed by atoms with Crippen molar-refractivity contribution in [2.75, 3.05) is 0 Å². The Hall–Kier alpha value is -3.12. The van der Waals surface area contributed by atoms with E-state index in [1.165, 1.54) is 0 Å². The largest absolute Gasteiger partial charge is 0.393 e. The quantitative estimate of drug-likeness (QED) is 0.519. The predicted molar refractivity (Wildman–Crippen MR) is 119 cm³/mol. The minimum absolute atomic E-state index is 0.0709. The molecule has 33 heavy (non-hydrogen) atoms. The number of esters is 2. The molecule has 2 aliphatic heterocycles. The van der Waals surface area contributed by atoms with Gasteiger partial charge in [0.25, 0.3) is 0 Å². The molecule has 1 saturated carbocycles. The third-order valence-electron chi connectivity index (χ3n) is 8.08. The van der Waals surface area contributed by atoms with Crippen molar-refractivity contribution >= 4 is 23.5 Å². The van der Waals surface area contributed by atoms with Gasteiger partial charge in [-0.2, -0.15) is 0 Å². The summed E-state index contributed by atoms with van der Waals surface area (Å²) in [5.41, 5.74) is 0.839. The van der Waals surface area contributed by atoms with Crippen LogP contribution >= 0.6 is 0 Å². The second kappa shape index (κ2) is 7.19. The van der Waals surface area contributed by atoms with Crippen LogP contribution in [0.25, 0.3) is 0 Å². The molecule has 0 N–H and O–H groups in total. The summed E-state index contributed by atoms with van der Waals surface area (Å²) < 4.78 is 5.11. The Kier molecular flexibility index (Phi) is 4.46. The van der Waals surface area contributed by atoms with Crippen molar-refractivity contribution in [3.8, 4) is 0 Å². The van der Waals surface area contributed by atoms with E-state index in [1.807, 2.05) is 36.1 Å². The molecule has 2 aromatic carbocycles. The van der Waals surface area contributed by atoms with Gasteiger partial charge < -0.3 is 4.74 Å². The molecule has 2 aliphatic carbocycles. The van der Waals surface area contributed by atoms with Crippen LogP contribution in [0, 0.1) is 18.8 Å². The topological polar surface area (TPSA) is 80.8 Å². The smallest absolute Gasteiger partial charge is 0.320 e. The Morgan fingerprint density at radius 3 is 2.03 bits per heavy atom. The maximum atomic E-state index is 14.1. The number of benzene rings is 2. The molecule has 0 amide bonds. The molecule has 4 aliphatic rings. The maximum Gasteiger partial charge on any atom is 0.320 e. The number of carbonyl (C=O) groups excluding carboxylic acids is 4. The van der Waals surface area contributed by atoms with E-state index in [2.05, 4.69) is 0 Å². The van der Waals surface area contributed by atoms with Gasteiger partial charge in [0.05, 0.1) is 12.0 Å². The molecular formula is C27H25NO5. The molecule has 1 spiro atoms. The summed E-state index contributed by atoms with van der Waals surface area (Å²) in [5, 5.41) is 0. The SMILES string of the molecule is Cc1ccc([C@@H]2[C@H]3C(=O)OC(=O)[C@H]3C3(C(=O)c4ccccc4C3=O)N2C2CCCCC2)cc1. The van der Waals surface area contributed by atoms with Gasteiger partial charge in [0.2, 0.25) is 0 Å². The van der Waals surface area contributed by atoms with Gasteiger partial charge in [-0.05, 0) is 25.3 Å². The van der Waals surface area contributed by atoms with E-state index in [9.17, 15) is 19.2 Å². The molecule has 2 aromatic rings. The molecule has 0 unspecified atom stereocenters. The highest BCUT2D eigenvalue weighted by molar-refractivity contribution is 6.35. The average Bonchev–Trinajstić information content (AvgIpc) is 3.39. The molecule has 3 fully saturated rings. The normalized spacial score (nSPS) is 28.9. The maximum absolute atomic E-state index is 14.1. The molecule has 6 nitrogen and oxygen atoms in total. The first-order valence-electron chi connectivity index (χ1n) is 11.8. The summed E-state index contributed by atoms with van der Waals surface area (Å²) in [4.78, 5) is 56.5. The Morgan fingerprint density at radius 1 is 0.818 bits per heavy atom. The highest BCUT2D eigenvalue weighted by Crippen LogP contribution is 2.60. The van der Waals surface area contributed by atoms with Crippen LogP contribution in [0.2, 0.25) is 0 Å². The van der Waals surface area contributed by atoms with Crippen molar-refractivity contribution < 1.29 is 23.9 Å². The number of likely N-dealkylation sites (tertiary alicyclic amines) is 1. The van der Waals surface area contributed by atoms with Gasteiger partial charge in [-0.1, -0.05) is 73.4 Å². The minimum Gasteiger partial charge on any atom is -0.393 e. The van der Waals surface area contributed by atoms with Crippen LogP contribution in [0.4, 0.5) is 0 Å². The Balaban J connectivity index is 1.62. The number of fused-ring (bicyclic) bond motifs is 3. The summed E-state index contributed by atoms with van der Waals surface area (Å²) in [7, 11) is 0. The molecule has 2 heterocycles. The van der Waals surface area contributed by atoms with E-state index in [0.717, 1.165) is 43.2 Å². The molecular weight excluding hydrogens is 418 g/mol. The van der Waals surface area contributed by atoms with E-state index in [4.69, 9.17) is 4.74 Å². The fraction of sp³-hybridized carbons (Fsp3) is 0.407. The van der Waals surface area contributed by atoms with Crippen LogP contribution in [0.3, 0.4) is 0 Å². The lowest BCUT2D eigenvalue weighted by Gasteiger charge is -2.44. The number of hydrogen-bond acceptors (Lipinski definition) is 6. The first kappa shape index (κ1) is 20.5. The summed E-state index contributed by atoms with van der Waals surface area (Å²) in [5.74, 6) is -4.15. The van der Waals surface area contributed by atoms with Crippen molar-refractivity contribution in [3.05, 3.63) is 70.8 Å². The van der Waals surface area contributed by atoms with E-state index in [1.54, 1.807) is 24.3 Å². The van der Waals surface area contributed by atoms with Crippen molar-refractivity contribution in [2.24, 2.45) is 11.8 Å². The Bertz CT molecular complexity index is 1160. The lowest BCUT2D eigenvalue weighted by molar-refractivity contribution is -0.156. The summed E-state index contributed by atoms with van der Waals surface area (Å²) in [6, 6.07) is 13.9. The number of nitrogens with zero attached hydrogens (tertiary/aromatic N) is 1. The number of carbonyl (C=O) groups is 4. The van der Waals surface area contributed by atoms with Crippen molar-refractivity contribution in [1.29, 1.82) is 0 Å². The Labute approximate surface area is 191 Å². The highest BCUT2D eigenvalue weighted by atomic mass is 16.6. The van der Waals surface area contributed by atoms with Gasteiger partial charge in [0.1, 0.15) is 5.92 Å². The number of ketones is 2. The number of rotatable bonds is 2. The van der Waals surface area contributed by atoms with Gasteiger partial charge >= 0.3 is 11.9 Å². The second-order valence-electron chi connectivity index (χ2n) is 9.77. The van der Waals surface area contributed by atoms with Crippen LogP contribution in [0.15, 0.2) is 48.5 Å². The van der Waals surface area contributed by atoms with Crippen LogP contribution in [-0.4, -0.2) is 40.0 Å². The summed E-state index contributed by atoms with van der Waals surface area (Å²) >= 11 is 0. The molecule has 3 atom stereocenters. The van der Waals surface area contributed by atoms with Gasteiger partial charge in [0, 0.05) is 17.2 Å². The van der Waals surface area contributed by atoms with Crippen molar-refractivity contribution in [1.82, 2.24) is 4.90 Å². The molecule has 0 bridgehead atoms. The van der Waals surface area contributed by atoms with Gasteiger partial charge in [-0.15, -0.1) is 0 Å². The molecule has 0 aromatic heterocycles. The van der Waals surface area contributed by atoms with Crippen LogP contribution in [0.1, 0.15) is 70.0 Å². The van der Waals surface area contributed by atoms with Crippen LogP contribution < -0.4 is 0 Å². The van der Waals surface area contributed by atoms with E-state index < -0.39 is 35.4 Å². The lowest BCUT2D eigenvalue weighted by Crippen LogP contribution is -2.61. The van der Waals surface area contributed by atoms with Crippen molar-refractivity contribution in [3.63, 3.8) is 0 Å².